The fourth-order valence-corrected chi connectivity index (χ4v) is 5.58. The van der Waals surface area contributed by atoms with E-state index < -0.39 is 21.9 Å². The number of rotatable bonds is 6. The molecule has 34 heavy (non-hydrogen) atoms. The molecule has 0 saturated heterocycles. The second-order valence-electron chi connectivity index (χ2n) is 8.37. The quantitative estimate of drug-likeness (QED) is 0.437. The van der Waals surface area contributed by atoms with E-state index in [9.17, 15) is 12.8 Å². The molecule has 0 amide bonds. The number of nitrogens with one attached hydrogen (secondary N) is 1. The van der Waals surface area contributed by atoms with Crippen molar-refractivity contribution in [1.29, 1.82) is 0 Å². The molecule has 1 aliphatic rings. The Labute approximate surface area is 199 Å². The van der Waals surface area contributed by atoms with E-state index >= 15 is 0 Å². The number of sulfonamides is 1. The highest BCUT2D eigenvalue weighted by Crippen LogP contribution is 2.31. The van der Waals surface area contributed by atoms with Crippen LogP contribution < -0.4 is 9.62 Å². The zero-order valence-corrected chi connectivity index (χ0v) is 19.2. The lowest BCUT2D eigenvalue weighted by Crippen LogP contribution is -2.48. The van der Waals surface area contributed by atoms with Crippen LogP contribution in [0.4, 0.5) is 10.1 Å². The van der Waals surface area contributed by atoms with Crippen molar-refractivity contribution in [3.05, 3.63) is 114 Å². The first-order valence-electron chi connectivity index (χ1n) is 11.1. The Bertz CT molecular complexity index is 1400. The molecule has 0 unspecified atom stereocenters. The second-order valence-corrected chi connectivity index (χ2v) is 10.1. The summed E-state index contributed by atoms with van der Waals surface area (Å²) in [5, 5.41) is 0. The minimum atomic E-state index is -3.89. The number of fused-ring (bicyclic) bond motifs is 1. The lowest BCUT2D eigenvalue weighted by atomic mass is 10.0. The summed E-state index contributed by atoms with van der Waals surface area (Å²) in [5.41, 5.74) is 4.78. The zero-order chi connectivity index (χ0) is 23.5. The third-order valence-electron chi connectivity index (χ3n) is 5.89. The van der Waals surface area contributed by atoms with Gasteiger partial charge in [-0.05, 0) is 35.9 Å². The van der Waals surface area contributed by atoms with Crippen LogP contribution in [-0.2, 0) is 23.0 Å². The monoisotopic (exact) mass is 473 g/mol. The van der Waals surface area contributed by atoms with Crippen LogP contribution in [0.3, 0.4) is 0 Å². The SMILES string of the molecule is O=S(=O)(N[C@H]1Cc2nc(-c3ccccc3)ccc2N(Cc2ccccc2)C1)c1cccc(F)c1. The highest BCUT2D eigenvalue weighted by molar-refractivity contribution is 7.89. The summed E-state index contributed by atoms with van der Waals surface area (Å²) in [5.74, 6) is -0.586. The molecule has 3 aromatic carbocycles. The Hall–Kier alpha value is -3.55. The van der Waals surface area contributed by atoms with E-state index in [0.29, 0.717) is 19.5 Å². The number of aromatic nitrogens is 1. The van der Waals surface area contributed by atoms with Crippen LogP contribution in [0.15, 0.2) is 102 Å². The van der Waals surface area contributed by atoms with E-state index in [0.717, 1.165) is 34.3 Å². The Morgan fingerprint density at radius 3 is 2.38 bits per heavy atom. The number of pyridine rings is 1. The maximum atomic E-state index is 13.7. The maximum absolute atomic E-state index is 13.7. The molecule has 172 valence electrons. The Kier molecular flexibility index (Phi) is 6.13. The van der Waals surface area contributed by atoms with E-state index in [1.807, 2.05) is 66.7 Å². The van der Waals surface area contributed by atoms with E-state index in [-0.39, 0.29) is 4.90 Å². The minimum absolute atomic E-state index is 0.0844. The van der Waals surface area contributed by atoms with Crippen LogP contribution in [0.5, 0.6) is 0 Å². The van der Waals surface area contributed by atoms with Crippen LogP contribution in [0, 0.1) is 5.82 Å². The Morgan fingerprint density at radius 2 is 1.65 bits per heavy atom. The molecular formula is C27H24FN3O2S. The predicted octanol–water partition coefficient (Wildman–Crippen LogP) is 4.80. The van der Waals surface area contributed by atoms with Gasteiger partial charge in [0.2, 0.25) is 10.0 Å². The lowest BCUT2D eigenvalue weighted by molar-refractivity contribution is 0.519. The van der Waals surface area contributed by atoms with E-state index in [1.165, 1.54) is 18.2 Å². The van der Waals surface area contributed by atoms with Gasteiger partial charge in [-0.25, -0.2) is 17.5 Å². The van der Waals surface area contributed by atoms with Gasteiger partial charge in [-0.2, -0.15) is 0 Å². The Balaban J connectivity index is 1.48. The van der Waals surface area contributed by atoms with Gasteiger partial charge in [-0.15, -0.1) is 0 Å². The van der Waals surface area contributed by atoms with Crippen molar-refractivity contribution in [2.24, 2.45) is 0 Å². The topological polar surface area (TPSA) is 62.3 Å². The van der Waals surface area contributed by atoms with Crippen LogP contribution in [0.1, 0.15) is 11.3 Å². The molecule has 1 aliphatic heterocycles. The normalized spacial score (nSPS) is 15.7. The van der Waals surface area contributed by atoms with Crippen molar-refractivity contribution in [2.75, 3.05) is 11.4 Å². The molecule has 0 bridgehead atoms. The Morgan fingerprint density at radius 1 is 0.912 bits per heavy atom. The zero-order valence-electron chi connectivity index (χ0n) is 18.4. The average molecular weight is 474 g/mol. The molecule has 4 aromatic rings. The molecule has 0 spiro atoms. The van der Waals surface area contributed by atoms with Gasteiger partial charge >= 0.3 is 0 Å². The van der Waals surface area contributed by atoms with Gasteiger partial charge in [0, 0.05) is 31.1 Å². The first kappa shape index (κ1) is 22.3. The number of halogens is 1. The molecule has 1 atom stereocenters. The summed E-state index contributed by atoms with van der Waals surface area (Å²) in [6.07, 6.45) is 0.440. The first-order valence-corrected chi connectivity index (χ1v) is 12.6. The lowest BCUT2D eigenvalue weighted by Gasteiger charge is -2.36. The minimum Gasteiger partial charge on any atom is -0.364 e. The second kappa shape index (κ2) is 9.37. The van der Waals surface area contributed by atoms with Gasteiger partial charge in [-0.3, -0.25) is 4.98 Å². The van der Waals surface area contributed by atoms with Gasteiger partial charge in [-0.1, -0.05) is 66.7 Å². The average Bonchev–Trinajstić information content (AvgIpc) is 2.85. The van der Waals surface area contributed by atoms with Gasteiger partial charge < -0.3 is 4.90 Å². The van der Waals surface area contributed by atoms with E-state index in [4.69, 9.17) is 4.98 Å². The maximum Gasteiger partial charge on any atom is 0.240 e. The standard InChI is InChI=1S/C27H24FN3O2S/c28-22-12-7-13-24(16-22)34(32,33)30-23-17-26-27(31(19-23)18-20-8-3-1-4-9-20)15-14-25(29-26)21-10-5-2-6-11-21/h1-16,23,30H,17-19H2/t23-/m0/s1. The van der Waals surface area contributed by atoms with Crippen molar-refractivity contribution in [3.8, 4) is 11.3 Å². The van der Waals surface area contributed by atoms with E-state index in [2.05, 4.69) is 15.7 Å². The molecule has 1 N–H and O–H groups in total. The first-order chi connectivity index (χ1) is 16.5. The predicted molar refractivity (Wildman–Crippen MR) is 131 cm³/mol. The van der Waals surface area contributed by atoms with Crippen LogP contribution in [0.2, 0.25) is 0 Å². The van der Waals surface area contributed by atoms with E-state index in [1.54, 1.807) is 0 Å². The van der Waals surface area contributed by atoms with Crippen molar-refractivity contribution >= 4 is 15.7 Å². The molecular weight excluding hydrogens is 449 g/mol. The van der Waals surface area contributed by atoms with Crippen LogP contribution >= 0.6 is 0 Å². The van der Waals surface area contributed by atoms with Crippen molar-refractivity contribution in [1.82, 2.24) is 9.71 Å². The fraction of sp³-hybridized carbons (Fsp3) is 0.148. The van der Waals surface area contributed by atoms with Crippen LogP contribution in [0.25, 0.3) is 11.3 Å². The highest BCUT2D eigenvalue weighted by atomic mass is 32.2. The molecule has 0 saturated carbocycles. The smallest absolute Gasteiger partial charge is 0.240 e. The molecule has 5 rings (SSSR count). The molecule has 1 aromatic heterocycles. The largest absolute Gasteiger partial charge is 0.364 e. The number of hydrogen-bond donors (Lipinski definition) is 1. The highest BCUT2D eigenvalue weighted by Gasteiger charge is 2.30. The number of benzene rings is 3. The van der Waals surface area contributed by atoms with Gasteiger partial charge in [0.15, 0.2) is 0 Å². The molecule has 2 heterocycles. The summed E-state index contributed by atoms with van der Waals surface area (Å²) < 4.78 is 42.5. The summed E-state index contributed by atoms with van der Waals surface area (Å²) in [7, 11) is -3.89. The third-order valence-corrected chi connectivity index (χ3v) is 7.40. The van der Waals surface area contributed by atoms with Gasteiger partial charge in [0.1, 0.15) is 5.82 Å². The van der Waals surface area contributed by atoms with Crippen molar-refractivity contribution < 1.29 is 12.8 Å². The molecule has 5 nitrogen and oxygen atoms in total. The van der Waals surface area contributed by atoms with Gasteiger partial charge in [0.25, 0.3) is 0 Å². The molecule has 0 aliphatic carbocycles. The number of hydrogen-bond acceptors (Lipinski definition) is 4. The molecule has 0 radical (unpaired) electrons. The number of anilines is 1. The summed E-state index contributed by atoms with van der Waals surface area (Å²) in [4.78, 5) is 6.97. The summed E-state index contributed by atoms with van der Waals surface area (Å²) >= 11 is 0. The molecule has 7 heteroatoms. The van der Waals surface area contributed by atoms with Crippen molar-refractivity contribution in [3.63, 3.8) is 0 Å². The summed E-state index contributed by atoms with van der Waals surface area (Å²) in [6, 6.07) is 28.6. The van der Waals surface area contributed by atoms with Crippen LogP contribution in [-0.4, -0.2) is 26.0 Å². The summed E-state index contributed by atoms with van der Waals surface area (Å²) in [6.45, 7) is 1.10. The third kappa shape index (κ3) is 4.85. The fourth-order valence-electron chi connectivity index (χ4n) is 4.32. The van der Waals surface area contributed by atoms with Crippen molar-refractivity contribution in [2.45, 2.75) is 23.9 Å². The van der Waals surface area contributed by atoms with Gasteiger partial charge in [0.05, 0.1) is 22.0 Å². The molecule has 0 fully saturated rings. The number of nitrogens with zero attached hydrogens (tertiary/aromatic N) is 2.